The van der Waals surface area contributed by atoms with Gasteiger partial charge in [-0.2, -0.15) is 0 Å². The number of rotatable bonds is 3. The number of aromatic nitrogens is 1. The zero-order chi connectivity index (χ0) is 19.1. The lowest BCUT2D eigenvalue weighted by molar-refractivity contribution is -0.115. The van der Waals surface area contributed by atoms with E-state index in [1.54, 1.807) is 26.0 Å². The summed E-state index contributed by atoms with van der Waals surface area (Å²) >= 11 is 1.38. The summed E-state index contributed by atoms with van der Waals surface area (Å²) in [5.74, 6) is -0.273. The van der Waals surface area contributed by atoms with Crippen LogP contribution in [0.3, 0.4) is 0 Å². The molecule has 0 aliphatic carbocycles. The largest absolute Gasteiger partial charge is 0.508 e. The molecule has 0 bridgehead atoms. The fourth-order valence-corrected chi connectivity index (χ4v) is 3.91. The van der Waals surface area contributed by atoms with E-state index < -0.39 is 5.63 Å². The molecule has 2 aromatic carbocycles. The summed E-state index contributed by atoms with van der Waals surface area (Å²) in [6, 6.07) is 10.8. The third kappa shape index (κ3) is 3.06. The number of aryl methyl sites for hydroxylation is 2. The second-order valence-corrected chi connectivity index (χ2v) is 7.32. The van der Waals surface area contributed by atoms with Crippen LogP contribution >= 0.6 is 11.3 Å². The van der Waals surface area contributed by atoms with Gasteiger partial charge in [0.1, 0.15) is 11.3 Å². The maximum atomic E-state index is 12.5. The number of benzene rings is 2. The molecule has 0 aliphatic rings. The van der Waals surface area contributed by atoms with E-state index in [0.29, 0.717) is 32.8 Å². The fourth-order valence-electron chi connectivity index (χ4n) is 3.03. The zero-order valence-electron chi connectivity index (χ0n) is 14.7. The molecule has 0 spiro atoms. The Hall–Kier alpha value is -3.19. The van der Waals surface area contributed by atoms with E-state index in [0.717, 1.165) is 10.2 Å². The highest BCUT2D eigenvalue weighted by Gasteiger charge is 2.18. The number of thiazole rings is 1. The second-order valence-electron chi connectivity index (χ2n) is 6.29. The van der Waals surface area contributed by atoms with E-state index in [1.807, 2.05) is 24.3 Å². The Labute approximate surface area is 158 Å². The molecular weight excluding hydrogens is 364 g/mol. The lowest BCUT2D eigenvalue weighted by Crippen LogP contribution is -2.20. The molecule has 6 nitrogen and oxygen atoms in total. The number of anilines is 1. The molecule has 0 saturated heterocycles. The molecule has 2 heterocycles. The quantitative estimate of drug-likeness (QED) is 0.526. The van der Waals surface area contributed by atoms with Crippen molar-refractivity contribution in [2.24, 2.45) is 0 Å². The van der Waals surface area contributed by atoms with E-state index in [4.69, 9.17) is 4.42 Å². The first kappa shape index (κ1) is 17.2. The van der Waals surface area contributed by atoms with Gasteiger partial charge >= 0.3 is 5.63 Å². The van der Waals surface area contributed by atoms with E-state index >= 15 is 0 Å². The van der Waals surface area contributed by atoms with Gasteiger partial charge in [-0.3, -0.25) is 4.79 Å². The molecule has 2 aromatic heterocycles. The van der Waals surface area contributed by atoms with Crippen molar-refractivity contribution >= 4 is 43.6 Å². The van der Waals surface area contributed by atoms with Crippen LogP contribution in [-0.4, -0.2) is 16.0 Å². The van der Waals surface area contributed by atoms with Gasteiger partial charge in [-0.15, -0.1) is 0 Å². The Balaban J connectivity index is 1.65. The van der Waals surface area contributed by atoms with Gasteiger partial charge in [0.05, 0.1) is 22.2 Å². The lowest BCUT2D eigenvalue weighted by Gasteiger charge is -2.09. The van der Waals surface area contributed by atoms with Crippen LogP contribution in [0.1, 0.15) is 16.7 Å². The molecule has 0 saturated carbocycles. The Morgan fingerprint density at radius 1 is 1.19 bits per heavy atom. The molecule has 1 amide bonds. The van der Waals surface area contributed by atoms with Crippen molar-refractivity contribution in [1.29, 1.82) is 0 Å². The number of carbonyl (C=O) groups excluding carboxylic acids is 1. The summed E-state index contributed by atoms with van der Waals surface area (Å²) < 4.78 is 6.35. The number of fused-ring (bicyclic) bond motifs is 2. The number of aromatic hydroxyl groups is 1. The van der Waals surface area contributed by atoms with Crippen molar-refractivity contribution in [3.05, 3.63) is 63.5 Å². The van der Waals surface area contributed by atoms with Crippen molar-refractivity contribution in [3.63, 3.8) is 0 Å². The summed E-state index contributed by atoms with van der Waals surface area (Å²) in [7, 11) is 0. The van der Waals surface area contributed by atoms with Crippen molar-refractivity contribution < 1.29 is 14.3 Å². The van der Waals surface area contributed by atoms with Gasteiger partial charge in [0, 0.05) is 10.9 Å². The summed E-state index contributed by atoms with van der Waals surface area (Å²) in [5, 5.41) is 13.7. The van der Waals surface area contributed by atoms with Gasteiger partial charge in [-0.1, -0.05) is 23.5 Å². The average molecular weight is 380 g/mol. The maximum absolute atomic E-state index is 12.5. The third-order valence-electron chi connectivity index (χ3n) is 4.55. The van der Waals surface area contributed by atoms with Crippen LogP contribution in [0.5, 0.6) is 5.75 Å². The molecule has 0 atom stereocenters. The molecule has 4 rings (SSSR count). The fraction of sp³-hybridized carbons (Fsp3) is 0.150. The Morgan fingerprint density at radius 2 is 1.96 bits per heavy atom. The van der Waals surface area contributed by atoms with Gasteiger partial charge in [0.15, 0.2) is 5.13 Å². The number of phenolic OH excluding ortho intramolecular Hbond substituents is 1. The zero-order valence-corrected chi connectivity index (χ0v) is 15.5. The Kier molecular flexibility index (Phi) is 4.16. The Bertz CT molecular complexity index is 1220. The van der Waals surface area contributed by atoms with Crippen LogP contribution in [0.15, 0.2) is 45.6 Å². The molecular formula is C20H16N2O4S. The van der Waals surface area contributed by atoms with E-state index in [-0.39, 0.29) is 18.1 Å². The minimum Gasteiger partial charge on any atom is -0.508 e. The summed E-state index contributed by atoms with van der Waals surface area (Å²) in [5.41, 5.74) is 2.05. The van der Waals surface area contributed by atoms with E-state index in [1.165, 1.54) is 11.3 Å². The molecule has 4 aromatic rings. The van der Waals surface area contributed by atoms with Crippen molar-refractivity contribution in [2.75, 3.05) is 5.32 Å². The first-order valence-corrected chi connectivity index (χ1v) is 9.16. The Morgan fingerprint density at radius 3 is 2.74 bits per heavy atom. The SMILES string of the molecule is Cc1c(CC(=O)Nc2nc3ccccc3s2)c(=O)oc2c(C)c(O)ccc12. The monoisotopic (exact) mass is 380 g/mol. The number of hydrogen-bond acceptors (Lipinski definition) is 6. The van der Waals surface area contributed by atoms with Crippen molar-refractivity contribution in [1.82, 2.24) is 4.98 Å². The molecule has 2 N–H and O–H groups in total. The van der Waals surface area contributed by atoms with Gasteiger partial charge in [-0.05, 0) is 43.7 Å². The van der Waals surface area contributed by atoms with Crippen molar-refractivity contribution in [2.45, 2.75) is 20.3 Å². The highest BCUT2D eigenvalue weighted by atomic mass is 32.1. The predicted molar refractivity (Wildman–Crippen MR) is 106 cm³/mol. The first-order chi connectivity index (χ1) is 12.9. The number of nitrogens with zero attached hydrogens (tertiary/aromatic N) is 1. The van der Waals surface area contributed by atoms with Crippen LogP contribution in [0.25, 0.3) is 21.2 Å². The average Bonchev–Trinajstić information content (AvgIpc) is 3.04. The number of carbonyl (C=O) groups is 1. The van der Waals surface area contributed by atoms with Gasteiger partial charge in [0.25, 0.3) is 0 Å². The molecule has 27 heavy (non-hydrogen) atoms. The summed E-state index contributed by atoms with van der Waals surface area (Å²) in [6.45, 7) is 3.45. The maximum Gasteiger partial charge on any atom is 0.340 e. The number of para-hydroxylation sites is 1. The molecule has 0 radical (unpaired) electrons. The predicted octanol–water partition coefficient (Wildman–Crippen LogP) is 3.91. The topological polar surface area (TPSA) is 92.4 Å². The summed E-state index contributed by atoms with van der Waals surface area (Å²) in [4.78, 5) is 29.2. The minimum absolute atomic E-state index is 0.0615. The molecule has 7 heteroatoms. The van der Waals surface area contributed by atoms with Gasteiger partial charge in [0.2, 0.25) is 5.91 Å². The van der Waals surface area contributed by atoms with Crippen LogP contribution in [0.4, 0.5) is 5.13 Å². The molecule has 0 aliphatic heterocycles. The van der Waals surface area contributed by atoms with E-state index in [2.05, 4.69) is 10.3 Å². The highest BCUT2D eigenvalue weighted by molar-refractivity contribution is 7.22. The molecule has 0 unspecified atom stereocenters. The van der Waals surface area contributed by atoms with Gasteiger partial charge < -0.3 is 14.8 Å². The second kappa shape index (κ2) is 6.51. The van der Waals surface area contributed by atoms with Crippen molar-refractivity contribution in [3.8, 4) is 5.75 Å². The smallest absolute Gasteiger partial charge is 0.340 e. The van der Waals surface area contributed by atoms with Gasteiger partial charge in [-0.25, -0.2) is 9.78 Å². The number of hydrogen-bond donors (Lipinski definition) is 2. The summed E-state index contributed by atoms with van der Waals surface area (Å²) in [6.07, 6.45) is -0.111. The number of phenols is 1. The number of nitrogens with one attached hydrogen (secondary N) is 1. The molecule has 136 valence electrons. The standard InChI is InChI=1S/C20H16N2O4S/c1-10-12-7-8-15(23)11(2)18(12)26-19(25)13(10)9-17(24)22-20-21-14-5-3-4-6-16(14)27-20/h3-8,23H,9H2,1-2H3,(H,21,22,24). The third-order valence-corrected chi connectivity index (χ3v) is 5.50. The van der Waals surface area contributed by atoms with E-state index in [9.17, 15) is 14.7 Å². The van der Waals surface area contributed by atoms with Crippen LogP contribution in [-0.2, 0) is 11.2 Å². The minimum atomic E-state index is -0.576. The number of amides is 1. The lowest BCUT2D eigenvalue weighted by atomic mass is 10.0. The molecule has 0 fully saturated rings. The highest BCUT2D eigenvalue weighted by Crippen LogP contribution is 2.29. The first-order valence-electron chi connectivity index (χ1n) is 8.34. The van der Waals surface area contributed by atoms with Crippen LogP contribution < -0.4 is 10.9 Å². The normalized spacial score (nSPS) is 11.2. The van der Waals surface area contributed by atoms with Crippen LogP contribution in [0, 0.1) is 13.8 Å². The van der Waals surface area contributed by atoms with Crippen LogP contribution in [0.2, 0.25) is 0 Å².